The van der Waals surface area contributed by atoms with Gasteiger partial charge >= 0.3 is 6.03 Å². The summed E-state index contributed by atoms with van der Waals surface area (Å²) in [6.07, 6.45) is 0.489. The fraction of sp³-hybridized carbons (Fsp3) is 0.269. The van der Waals surface area contributed by atoms with Gasteiger partial charge in [-0.15, -0.1) is 0 Å². The Labute approximate surface area is 183 Å². The smallest absolute Gasteiger partial charge is 0.317 e. The molecular weight excluding hydrogens is 389 g/mol. The van der Waals surface area contributed by atoms with Gasteiger partial charge in [-0.3, -0.25) is 4.90 Å². The van der Waals surface area contributed by atoms with Crippen molar-refractivity contribution in [3.05, 3.63) is 107 Å². The lowest BCUT2D eigenvalue weighted by Crippen LogP contribution is -2.52. The molecule has 3 aromatic rings. The van der Waals surface area contributed by atoms with E-state index in [4.69, 9.17) is 0 Å². The predicted octanol–water partition coefficient (Wildman–Crippen LogP) is 4.49. The van der Waals surface area contributed by atoms with E-state index in [1.807, 2.05) is 23.1 Å². The number of piperazine rings is 1. The molecule has 0 spiro atoms. The van der Waals surface area contributed by atoms with E-state index in [0.29, 0.717) is 31.6 Å². The molecule has 0 atom stereocenters. The maximum atomic E-state index is 13.7. The maximum Gasteiger partial charge on any atom is 0.317 e. The average Bonchev–Trinajstić information content (AvgIpc) is 2.82. The Morgan fingerprint density at radius 1 is 0.806 bits per heavy atom. The van der Waals surface area contributed by atoms with Crippen LogP contribution in [0, 0.1) is 5.82 Å². The number of hydrogen-bond donors (Lipinski definition) is 1. The molecule has 1 aliphatic rings. The number of nitrogens with zero attached hydrogens (tertiary/aromatic N) is 2. The first-order chi connectivity index (χ1) is 15.2. The molecule has 1 saturated heterocycles. The average molecular weight is 418 g/mol. The highest BCUT2D eigenvalue weighted by atomic mass is 19.1. The number of benzene rings is 3. The molecule has 4 rings (SSSR count). The van der Waals surface area contributed by atoms with Crippen molar-refractivity contribution < 1.29 is 9.18 Å². The van der Waals surface area contributed by atoms with E-state index in [1.54, 1.807) is 12.1 Å². The standard InChI is InChI=1S/C26H28FN3O/c27-24-14-8-7-9-21(24)15-16-28-26(31)30-19-17-29(18-20-30)25(22-10-3-1-4-11-22)23-12-5-2-6-13-23/h1-14,25H,15-20H2,(H,28,31). The van der Waals surface area contributed by atoms with E-state index in [0.717, 1.165) is 13.1 Å². The fourth-order valence-corrected chi connectivity index (χ4v) is 4.19. The van der Waals surface area contributed by atoms with E-state index in [-0.39, 0.29) is 17.9 Å². The molecule has 31 heavy (non-hydrogen) atoms. The van der Waals surface area contributed by atoms with Crippen molar-refractivity contribution in [1.29, 1.82) is 0 Å². The van der Waals surface area contributed by atoms with Gasteiger partial charge in [0, 0.05) is 32.7 Å². The fourth-order valence-electron chi connectivity index (χ4n) is 4.19. The van der Waals surface area contributed by atoms with Crippen LogP contribution in [-0.4, -0.2) is 48.6 Å². The van der Waals surface area contributed by atoms with Crippen LogP contribution < -0.4 is 5.32 Å². The predicted molar refractivity (Wildman–Crippen MR) is 121 cm³/mol. The summed E-state index contributed by atoms with van der Waals surface area (Å²) in [5.41, 5.74) is 3.15. The van der Waals surface area contributed by atoms with E-state index in [9.17, 15) is 9.18 Å². The van der Waals surface area contributed by atoms with Gasteiger partial charge in [-0.2, -0.15) is 0 Å². The second kappa shape index (κ2) is 10.2. The van der Waals surface area contributed by atoms with Crippen LogP contribution in [0.1, 0.15) is 22.7 Å². The molecule has 0 saturated carbocycles. The largest absolute Gasteiger partial charge is 0.338 e. The molecule has 1 aliphatic heterocycles. The minimum Gasteiger partial charge on any atom is -0.338 e. The lowest BCUT2D eigenvalue weighted by Gasteiger charge is -2.39. The molecule has 2 amide bonds. The second-order valence-corrected chi connectivity index (χ2v) is 7.82. The number of rotatable bonds is 6. The van der Waals surface area contributed by atoms with Crippen LogP contribution in [0.5, 0.6) is 0 Å². The zero-order valence-corrected chi connectivity index (χ0v) is 17.6. The van der Waals surface area contributed by atoms with Gasteiger partial charge in [-0.05, 0) is 29.2 Å². The highest BCUT2D eigenvalue weighted by Crippen LogP contribution is 2.29. The number of carbonyl (C=O) groups is 1. The van der Waals surface area contributed by atoms with Crippen LogP contribution in [0.2, 0.25) is 0 Å². The van der Waals surface area contributed by atoms with Gasteiger partial charge < -0.3 is 10.2 Å². The Bertz CT molecular complexity index is 933. The van der Waals surface area contributed by atoms with Crippen molar-refractivity contribution in [1.82, 2.24) is 15.1 Å². The van der Waals surface area contributed by atoms with Gasteiger partial charge in [0.15, 0.2) is 0 Å². The molecule has 4 nitrogen and oxygen atoms in total. The Balaban J connectivity index is 1.34. The second-order valence-electron chi connectivity index (χ2n) is 7.82. The maximum absolute atomic E-state index is 13.7. The lowest BCUT2D eigenvalue weighted by atomic mass is 9.96. The number of amides is 2. The monoisotopic (exact) mass is 417 g/mol. The molecule has 0 aromatic heterocycles. The molecule has 0 aliphatic carbocycles. The van der Waals surface area contributed by atoms with Crippen LogP contribution in [0.25, 0.3) is 0 Å². The van der Waals surface area contributed by atoms with E-state index >= 15 is 0 Å². The molecule has 1 N–H and O–H groups in total. The molecule has 5 heteroatoms. The summed E-state index contributed by atoms with van der Waals surface area (Å²) in [6, 6.07) is 27.8. The molecule has 0 unspecified atom stereocenters. The van der Waals surface area contributed by atoms with Crippen LogP contribution in [0.3, 0.4) is 0 Å². The summed E-state index contributed by atoms with van der Waals surface area (Å²) in [5, 5.41) is 2.94. The summed E-state index contributed by atoms with van der Waals surface area (Å²) in [7, 11) is 0. The Hall–Kier alpha value is -3.18. The van der Waals surface area contributed by atoms with Crippen LogP contribution in [0.15, 0.2) is 84.9 Å². The zero-order valence-electron chi connectivity index (χ0n) is 17.6. The molecular formula is C26H28FN3O. The summed E-state index contributed by atoms with van der Waals surface area (Å²) in [5.74, 6) is -0.224. The normalized spacial score (nSPS) is 14.6. The van der Waals surface area contributed by atoms with Gasteiger partial charge in [-0.25, -0.2) is 9.18 Å². The third-order valence-corrected chi connectivity index (χ3v) is 5.83. The molecule has 0 bridgehead atoms. The van der Waals surface area contributed by atoms with Crippen molar-refractivity contribution in [2.24, 2.45) is 0 Å². The Kier molecular flexibility index (Phi) is 6.95. The third-order valence-electron chi connectivity index (χ3n) is 5.83. The van der Waals surface area contributed by atoms with Crippen LogP contribution in [0.4, 0.5) is 9.18 Å². The first-order valence-electron chi connectivity index (χ1n) is 10.8. The van der Waals surface area contributed by atoms with Crippen molar-refractivity contribution >= 4 is 6.03 Å². The van der Waals surface area contributed by atoms with Crippen molar-refractivity contribution in [3.8, 4) is 0 Å². The van der Waals surface area contributed by atoms with Crippen molar-refractivity contribution in [2.75, 3.05) is 32.7 Å². The molecule has 0 radical (unpaired) electrons. The zero-order chi connectivity index (χ0) is 21.5. The highest BCUT2D eigenvalue weighted by molar-refractivity contribution is 5.74. The lowest BCUT2D eigenvalue weighted by molar-refractivity contribution is 0.120. The van der Waals surface area contributed by atoms with E-state index in [2.05, 4.69) is 58.7 Å². The minimum atomic E-state index is -0.224. The van der Waals surface area contributed by atoms with Gasteiger partial charge in [0.25, 0.3) is 0 Å². The van der Waals surface area contributed by atoms with E-state index < -0.39 is 0 Å². The molecule has 1 fully saturated rings. The number of hydrogen-bond acceptors (Lipinski definition) is 2. The number of nitrogens with one attached hydrogen (secondary N) is 1. The summed E-state index contributed by atoms with van der Waals surface area (Å²) >= 11 is 0. The van der Waals surface area contributed by atoms with Gasteiger partial charge in [0.05, 0.1) is 6.04 Å². The van der Waals surface area contributed by atoms with Gasteiger partial charge in [0.1, 0.15) is 5.82 Å². The third kappa shape index (κ3) is 5.30. The van der Waals surface area contributed by atoms with Crippen LogP contribution in [-0.2, 0) is 6.42 Å². The summed E-state index contributed by atoms with van der Waals surface area (Å²) in [4.78, 5) is 16.9. The van der Waals surface area contributed by atoms with Gasteiger partial charge in [-0.1, -0.05) is 78.9 Å². The van der Waals surface area contributed by atoms with Crippen molar-refractivity contribution in [2.45, 2.75) is 12.5 Å². The summed E-state index contributed by atoms with van der Waals surface area (Å²) in [6.45, 7) is 3.37. The quantitative estimate of drug-likeness (QED) is 0.642. The molecule has 160 valence electrons. The highest BCUT2D eigenvalue weighted by Gasteiger charge is 2.28. The SMILES string of the molecule is O=C(NCCc1ccccc1F)N1CCN(C(c2ccccc2)c2ccccc2)CC1. The van der Waals surface area contributed by atoms with E-state index in [1.165, 1.54) is 17.2 Å². The minimum absolute atomic E-state index is 0.0769. The number of urea groups is 1. The molecule has 1 heterocycles. The van der Waals surface area contributed by atoms with Crippen molar-refractivity contribution in [3.63, 3.8) is 0 Å². The number of halogens is 1. The summed E-state index contributed by atoms with van der Waals surface area (Å²) < 4.78 is 13.7. The number of carbonyl (C=O) groups excluding carboxylic acids is 1. The van der Waals surface area contributed by atoms with Crippen LogP contribution >= 0.6 is 0 Å². The Morgan fingerprint density at radius 3 is 1.94 bits per heavy atom. The van der Waals surface area contributed by atoms with Gasteiger partial charge in [0.2, 0.25) is 0 Å². The topological polar surface area (TPSA) is 35.6 Å². The Morgan fingerprint density at radius 2 is 1.35 bits per heavy atom. The first-order valence-corrected chi connectivity index (χ1v) is 10.8. The first kappa shape index (κ1) is 21.1. The molecule has 3 aromatic carbocycles.